The lowest BCUT2D eigenvalue weighted by Gasteiger charge is -2.20. The first kappa shape index (κ1) is 50.6. The summed E-state index contributed by atoms with van der Waals surface area (Å²) in [4.78, 5) is 34.8. The zero-order valence-electron chi connectivity index (χ0n) is 32.7. The van der Waals surface area contributed by atoms with Crippen molar-refractivity contribution in [2.45, 2.75) is 161 Å². The lowest BCUT2D eigenvalue weighted by molar-refractivity contribution is -0.161. The number of esters is 2. The van der Waals surface area contributed by atoms with Crippen LogP contribution in [-0.4, -0.2) is 71.7 Å². The van der Waals surface area contributed by atoms with Gasteiger partial charge in [-0.2, -0.15) is 0 Å². The number of ether oxygens (including phenoxy) is 2. The number of aliphatic hydroxyl groups is 2. The molecule has 0 rings (SSSR count). The summed E-state index contributed by atoms with van der Waals surface area (Å²) >= 11 is 0. The lowest BCUT2D eigenvalue weighted by Crippen LogP contribution is -2.30. The van der Waals surface area contributed by atoms with Crippen molar-refractivity contribution in [2.24, 2.45) is 5.73 Å². The van der Waals surface area contributed by atoms with Crippen LogP contribution in [0.1, 0.15) is 142 Å². The number of hydrogen-bond donors (Lipinski definition) is 4. The van der Waals surface area contributed by atoms with Crippen molar-refractivity contribution in [1.82, 2.24) is 0 Å². The summed E-state index contributed by atoms with van der Waals surface area (Å²) in [6.45, 7) is 3.22. The largest absolute Gasteiger partial charge is 0.472 e. The van der Waals surface area contributed by atoms with E-state index >= 15 is 0 Å². The maximum atomic E-state index is 12.6. The molecule has 0 heterocycles. The number of unbranched alkanes of at least 4 members (excludes halogenated alkanes) is 9. The SMILES string of the molecule is CC/C=C\C/C=C\C/C=C\C/C=C\C[C@@H](O)[C@H](O)CCCC(=O)O[C@H](COC(=O)CCCCCCC/C=C\CCCCCC)COP(=O)(O)OCCN. The number of nitrogens with two attached hydrogens (primary N) is 1. The first-order chi connectivity index (χ1) is 25.6. The van der Waals surface area contributed by atoms with E-state index in [0.717, 1.165) is 64.2 Å². The predicted octanol–water partition coefficient (Wildman–Crippen LogP) is 8.88. The van der Waals surface area contributed by atoms with E-state index in [1.54, 1.807) is 0 Å². The quantitative estimate of drug-likeness (QED) is 0.0207. The van der Waals surface area contributed by atoms with Gasteiger partial charge in [0.15, 0.2) is 6.10 Å². The third-order valence-corrected chi connectivity index (χ3v) is 9.07. The molecule has 4 atom stereocenters. The highest BCUT2D eigenvalue weighted by molar-refractivity contribution is 7.47. The molecule has 53 heavy (non-hydrogen) atoms. The highest BCUT2D eigenvalue weighted by Crippen LogP contribution is 2.43. The van der Waals surface area contributed by atoms with Crippen LogP contribution in [0.2, 0.25) is 0 Å². The van der Waals surface area contributed by atoms with Gasteiger partial charge < -0.3 is 30.3 Å². The van der Waals surface area contributed by atoms with Crippen molar-refractivity contribution in [3.8, 4) is 0 Å². The van der Waals surface area contributed by atoms with Crippen molar-refractivity contribution in [3.63, 3.8) is 0 Å². The fourth-order valence-electron chi connectivity index (χ4n) is 5.01. The Balaban J connectivity index is 4.50. The van der Waals surface area contributed by atoms with Crippen molar-refractivity contribution in [3.05, 3.63) is 60.8 Å². The Labute approximate surface area is 320 Å². The Hall–Kier alpha value is -2.37. The molecule has 11 nitrogen and oxygen atoms in total. The second-order valence-corrected chi connectivity index (χ2v) is 14.5. The minimum absolute atomic E-state index is 0.00414. The van der Waals surface area contributed by atoms with Gasteiger partial charge in [0.05, 0.1) is 25.4 Å². The van der Waals surface area contributed by atoms with Crippen LogP contribution in [0, 0.1) is 0 Å². The molecule has 0 aliphatic heterocycles. The molecule has 0 aliphatic rings. The standard InChI is InChI=1S/C41H72NO10P/c1-3-5-7-9-11-13-15-17-19-21-23-25-27-31-40(45)49-35-37(36-51-53(47,48)50-34-33-42)52-41(46)32-28-30-39(44)38(43)29-26-24-22-20-18-16-14-12-10-8-6-4-2/h6,8,12-15,18,20,24,26,37-39,43-44H,3-5,7,9-11,16-17,19,21-23,25,27-36,42H2,1-2H3,(H,47,48)/b8-6-,14-12-,15-13-,20-18-,26-24-/t37-,38-,39-/m1/s1. The average Bonchev–Trinajstić information content (AvgIpc) is 3.14. The summed E-state index contributed by atoms with van der Waals surface area (Å²) in [5.41, 5.74) is 5.32. The summed E-state index contributed by atoms with van der Waals surface area (Å²) in [5, 5.41) is 20.7. The molecule has 0 bridgehead atoms. The van der Waals surface area contributed by atoms with Gasteiger partial charge in [0.2, 0.25) is 0 Å². The number of carbonyl (C=O) groups excluding carboxylic acids is 2. The number of phosphoric ester groups is 1. The van der Waals surface area contributed by atoms with Gasteiger partial charge in [0.1, 0.15) is 6.61 Å². The monoisotopic (exact) mass is 769 g/mol. The fourth-order valence-corrected chi connectivity index (χ4v) is 5.77. The van der Waals surface area contributed by atoms with E-state index in [0.29, 0.717) is 6.42 Å². The fraction of sp³-hybridized carbons (Fsp3) is 0.707. The van der Waals surface area contributed by atoms with Crippen LogP contribution in [-0.2, 0) is 32.7 Å². The van der Waals surface area contributed by atoms with E-state index in [1.807, 2.05) is 18.2 Å². The van der Waals surface area contributed by atoms with Gasteiger partial charge in [-0.3, -0.25) is 18.6 Å². The summed E-state index contributed by atoms with van der Waals surface area (Å²) < 4.78 is 32.5. The van der Waals surface area contributed by atoms with Gasteiger partial charge >= 0.3 is 19.8 Å². The molecule has 0 radical (unpaired) electrons. The minimum atomic E-state index is -4.46. The highest BCUT2D eigenvalue weighted by atomic mass is 31.2. The first-order valence-corrected chi connectivity index (χ1v) is 21.4. The molecule has 0 aromatic rings. The van der Waals surface area contributed by atoms with Crippen molar-refractivity contribution >= 4 is 19.8 Å². The molecule has 0 aromatic carbocycles. The topological polar surface area (TPSA) is 175 Å². The first-order valence-electron chi connectivity index (χ1n) is 19.9. The Morgan fingerprint density at radius 1 is 0.660 bits per heavy atom. The van der Waals surface area contributed by atoms with Crippen molar-refractivity contribution in [1.29, 1.82) is 0 Å². The van der Waals surface area contributed by atoms with Gasteiger partial charge in [0, 0.05) is 19.4 Å². The molecule has 12 heteroatoms. The normalized spacial score (nSPS) is 15.2. The zero-order valence-corrected chi connectivity index (χ0v) is 33.6. The summed E-state index contributed by atoms with van der Waals surface area (Å²) in [5.74, 6) is -1.13. The number of allylic oxidation sites excluding steroid dienone is 9. The zero-order chi connectivity index (χ0) is 39.3. The third-order valence-electron chi connectivity index (χ3n) is 8.09. The number of phosphoric acid groups is 1. The van der Waals surface area contributed by atoms with Gasteiger partial charge in [-0.25, -0.2) is 4.57 Å². The smallest absolute Gasteiger partial charge is 0.462 e. The molecule has 306 valence electrons. The molecule has 0 saturated carbocycles. The molecule has 0 spiro atoms. The molecular formula is C41H72NO10P. The highest BCUT2D eigenvalue weighted by Gasteiger charge is 2.26. The van der Waals surface area contributed by atoms with Crippen LogP contribution in [0.3, 0.4) is 0 Å². The van der Waals surface area contributed by atoms with E-state index < -0.39 is 44.7 Å². The minimum Gasteiger partial charge on any atom is -0.462 e. The Morgan fingerprint density at radius 3 is 1.85 bits per heavy atom. The van der Waals surface area contributed by atoms with Gasteiger partial charge in [-0.1, -0.05) is 113 Å². The average molecular weight is 770 g/mol. The Bertz CT molecular complexity index is 1090. The van der Waals surface area contributed by atoms with Gasteiger partial charge in [0.25, 0.3) is 0 Å². The molecule has 1 unspecified atom stereocenters. The van der Waals surface area contributed by atoms with Crippen molar-refractivity contribution < 1.29 is 47.8 Å². The third kappa shape index (κ3) is 35.1. The Morgan fingerprint density at radius 2 is 1.23 bits per heavy atom. The van der Waals surface area contributed by atoms with E-state index in [-0.39, 0.29) is 51.9 Å². The number of aliphatic hydroxyl groups excluding tert-OH is 2. The van der Waals surface area contributed by atoms with E-state index in [4.69, 9.17) is 24.3 Å². The van der Waals surface area contributed by atoms with Crippen LogP contribution < -0.4 is 5.73 Å². The van der Waals surface area contributed by atoms with Crippen LogP contribution in [0.15, 0.2) is 60.8 Å². The lowest BCUT2D eigenvalue weighted by atomic mass is 10.0. The Kier molecular flexibility index (Phi) is 35.0. The second kappa shape index (κ2) is 36.6. The molecule has 0 fully saturated rings. The number of hydrogen-bond acceptors (Lipinski definition) is 10. The number of carbonyl (C=O) groups is 2. The van der Waals surface area contributed by atoms with Crippen LogP contribution >= 0.6 is 7.82 Å². The molecule has 0 aliphatic carbocycles. The maximum absolute atomic E-state index is 12.6. The van der Waals surface area contributed by atoms with Crippen LogP contribution in [0.5, 0.6) is 0 Å². The van der Waals surface area contributed by atoms with Crippen LogP contribution in [0.25, 0.3) is 0 Å². The molecular weight excluding hydrogens is 697 g/mol. The van der Waals surface area contributed by atoms with Crippen molar-refractivity contribution in [2.75, 3.05) is 26.4 Å². The summed E-state index contributed by atoms with van der Waals surface area (Å²) in [6.07, 6.45) is 34.3. The van der Waals surface area contributed by atoms with Crippen LogP contribution in [0.4, 0.5) is 0 Å². The van der Waals surface area contributed by atoms with Gasteiger partial charge in [-0.15, -0.1) is 0 Å². The van der Waals surface area contributed by atoms with E-state index in [2.05, 4.69) is 56.4 Å². The predicted molar refractivity (Wildman–Crippen MR) is 213 cm³/mol. The van der Waals surface area contributed by atoms with Gasteiger partial charge in [-0.05, 0) is 77.0 Å². The maximum Gasteiger partial charge on any atom is 0.472 e. The molecule has 5 N–H and O–H groups in total. The summed E-state index contributed by atoms with van der Waals surface area (Å²) in [6, 6.07) is 0. The second-order valence-electron chi connectivity index (χ2n) is 13.1. The number of rotatable bonds is 36. The summed E-state index contributed by atoms with van der Waals surface area (Å²) in [7, 11) is -4.46. The molecule has 0 aromatic heterocycles. The van der Waals surface area contributed by atoms with E-state index in [9.17, 15) is 29.3 Å². The van der Waals surface area contributed by atoms with E-state index in [1.165, 1.54) is 25.7 Å². The molecule has 0 amide bonds. The molecule has 0 saturated heterocycles.